The summed E-state index contributed by atoms with van der Waals surface area (Å²) in [4.78, 5) is 43.3. The van der Waals surface area contributed by atoms with E-state index in [0.717, 1.165) is 31.6 Å². The number of piperazine rings is 2. The zero-order chi connectivity index (χ0) is 18.8. The van der Waals surface area contributed by atoms with Crippen LogP contribution in [0.1, 0.15) is 19.3 Å². The van der Waals surface area contributed by atoms with Gasteiger partial charge in [-0.25, -0.2) is 0 Å². The van der Waals surface area contributed by atoms with Crippen LogP contribution in [0.2, 0.25) is 0 Å². The molecular weight excluding hydrogens is 344 g/mol. The smallest absolute Gasteiger partial charge is 0.243 e. The van der Waals surface area contributed by atoms with Gasteiger partial charge in [-0.15, -0.1) is 0 Å². The Bertz CT molecular complexity index is 711. The number of para-hydroxylation sites is 1. The van der Waals surface area contributed by atoms with E-state index in [-0.39, 0.29) is 30.1 Å². The average Bonchev–Trinajstić information content (AvgIpc) is 3.55. The molecule has 144 valence electrons. The Morgan fingerprint density at radius 1 is 1.00 bits per heavy atom. The minimum Gasteiger partial charge on any atom is -0.368 e. The molecule has 2 aliphatic heterocycles. The van der Waals surface area contributed by atoms with Crippen molar-refractivity contribution in [2.45, 2.75) is 25.3 Å². The van der Waals surface area contributed by atoms with Crippen LogP contribution < -0.4 is 10.2 Å². The standard InChI is InChI=1S/C20H26N4O3/c25-18(23-12-10-22(11-13-23)16-4-2-1-3-5-16)14-17-19(26)21-8-9-24(17)20(27)15-6-7-15/h1-5,15,17H,6-14H2,(H,21,26)/t17-/m0/s1. The summed E-state index contributed by atoms with van der Waals surface area (Å²) >= 11 is 0. The molecule has 0 unspecified atom stereocenters. The number of nitrogens with zero attached hydrogens (tertiary/aromatic N) is 3. The van der Waals surface area contributed by atoms with E-state index < -0.39 is 6.04 Å². The lowest BCUT2D eigenvalue weighted by atomic mass is 10.1. The second kappa shape index (κ2) is 7.58. The monoisotopic (exact) mass is 370 g/mol. The topological polar surface area (TPSA) is 73.0 Å². The van der Waals surface area contributed by atoms with Crippen molar-refractivity contribution >= 4 is 23.4 Å². The lowest BCUT2D eigenvalue weighted by molar-refractivity contribution is -0.147. The van der Waals surface area contributed by atoms with Crippen molar-refractivity contribution in [3.05, 3.63) is 30.3 Å². The zero-order valence-corrected chi connectivity index (χ0v) is 15.5. The van der Waals surface area contributed by atoms with Gasteiger partial charge in [0.15, 0.2) is 0 Å². The second-order valence-electron chi connectivity index (χ2n) is 7.52. The molecule has 1 saturated carbocycles. The van der Waals surface area contributed by atoms with Crippen LogP contribution >= 0.6 is 0 Å². The minimum absolute atomic E-state index is 0.0385. The fourth-order valence-corrected chi connectivity index (χ4v) is 3.89. The van der Waals surface area contributed by atoms with Gasteiger partial charge in [0.05, 0.1) is 6.42 Å². The molecule has 3 fully saturated rings. The summed E-state index contributed by atoms with van der Waals surface area (Å²) in [6.45, 7) is 3.80. The first-order valence-electron chi connectivity index (χ1n) is 9.79. The molecule has 1 N–H and O–H groups in total. The van der Waals surface area contributed by atoms with Crippen LogP contribution in [0.15, 0.2) is 30.3 Å². The molecule has 27 heavy (non-hydrogen) atoms. The number of benzene rings is 1. The van der Waals surface area contributed by atoms with Gasteiger partial charge in [-0.2, -0.15) is 0 Å². The van der Waals surface area contributed by atoms with Crippen molar-refractivity contribution in [2.75, 3.05) is 44.2 Å². The van der Waals surface area contributed by atoms with Crippen molar-refractivity contribution < 1.29 is 14.4 Å². The normalized spacial score (nSPS) is 23.2. The third-order valence-electron chi connectivity index (χ3n) is 5.66. The summed E-state index contributed by atoms with van der Waals surface area (Å²) in [5.74, 6) is -0.149. The molecule has 2 heterocycles. The number of nitrogens with one attached hydrogen (secondary N) is 1. The molecule has 2 saturated heterocycles. The number of hydrogen-bond donors (Lipinski definition) is 1. The van der Waals surface area contributed by atoms with E-state index in [1.165, 1.54) is 0 Å². The van der Waals surface area contributed by atoms with Gasteiger partial charge < -0.3 is 20.0 Å². The maximum Gasteiger partial charge on any atom is 0.243 e. The van der Waals surface area contributed by atoms with Crippen LogP contribution in [0.25, 0.3) is 0 Å². The maximum atomic E-state index is 12.8. The first-order valence-corrected chi connectivity index (χ1v) is 9.79. The molecule has 1 aliphatic carbocycles. The van der Waals surface area contributed by atoms with Gasteiger partial charge in [-0.05, 0) is 25.0 Å². The summed E-state index contributed by atoms with van der Waals surface area (Å²) in [6, 6.07) is 9.51. The zero-order valence-electron chi connectivity index (χ0n) is 15.5. The van der Waals surface area contributed by atoms with E-state index in [1.807, 2.05) is 23.1 Å². The molecule has 0 bridgehead atoms. The van der Waals surface area contributed by atoms with Gasteiger partial charge in [0, 0.05) is 50.9 Å². The molecule has 0 radical (unpaired) electrons. The first kappa shape index (κ1) is 17.8. The molecule has 0 aromatic heterocycles. The fourth-order valence-electron chi connectivity index (χ4n) is 3.89. The van der Waals surface area contributed by atoms with Crippen LogP contribution in [-0.4, -0.2) is 72.8 Å². The van der Waals surface area contributed by atoms with Crippen molar-refractivity contribution in [1.29, 1.82) is 0 Å². The second-order valence-corrected chi connectivity index (χ2v) is 7.52. The van der Waals surface area contributed by atoms with E-state index in [1.54, 1.807) is 4.90 Å². The molecule has 1 atom stereocenters. The Morgan fingerprint density at radius 2 is 1.70 bits per heavy atom. The Hall–Kier alpha value is -2.57. The number of anilines is 1. The van der Waals surface area contributed by atoms with E-state index in [0.29, 0.717) is 26.2 Å². The summed E-state index contributed by atoms with van der Waals surface area (Å²) in [6.07, 6.45) is 1.88. The fraction of sp³-hybridized carbons (Fsp3) is 0.550. The van der Waals surface area contributed by atoms with Gasteiger partial charge in [0.1, 0.15) is 6.04 Å². The highest BCUT2D eigenvalue weighted by molar-refractivity contribution is 5.94. The van der Waals surface area contributed by atoms with Crippen molar-refractivity contribution in [1.82, 2.24) is 15.1 Å². The molecular formula is C20H26N4O3. The third kappa shape index (κ3) is 3.91. The van der Waals surface area contributed by atoms with E-state index in [4.69, 9.17) is 0 Å². The van der Waals surface area contributed by atoms with E-state index >= 15 is 0 Å². The summed E-state index contributed by atoms with van der Waals surface area (Å²) < 4.78 is 0. The number of carbonyl (C=O) groups excluding carboxylic acids is 3. The maximum absolute atomic E-state index is 12.8. The lowest BCUT2D eigenvalue weighted by Crippen LogP contribution is -2.59. The summed E-state index contributed by atoms with van der Waals surface area (Å²) in [5.41, 5.74) is 1.16. The highest BCUT2D eigenvalue weighted by Crippen LogP contribution is 2.32. The van der Waals surface area contributed by atoms with Crippen molar-refractivity contribution in [3.63, 3.8) is 0 Å². The number of rotatable bonds is 4. The van der Waals surface area contributed by atoms with E-state index in [9.17, 15) is 14.4 Å². The summed E-state index contributed by atoms with van der Waals surface area (Å²) in [5, 5.41) is 2.80. The lowest BCUT2D eigenvalue weighted by Gasteiger charge is -2.39. The van der Waals surface area contributed by atoms with Gasteiger partial charge in [-0.1, -0.05) is 18.2 Å². The molecule has 1 aromatic carbocycles. The highest BCUT2D eigenvalue weighted by atomic mass is 16.2. The molecule has 3 aliphatic rings. The van der Waals surface area contributed by atoms with Gasteiger partial charge >= 0.3 is 0 Å². The Labute approximate surface area is 159 Å². The predicted octanol–water partition coefficient (Wildman–Crippen LogP) is 0.462. The van der Waals surface area contributed by atoms with Crippen LogP contribution in [0.4, 0.5) is 5.69 Å². The first-order chi connectivity index (χ1) is 13.1. The minimum atomic E-state index is -0.661. The average molecular weight is 370 g/mol. The summed E-state index contributed by atoms with van der Waals surface area (Å²) in [7, 11) is 0. The molecule has 0 spiro atoms. The molecule has 4 rings (SSSR count). The molecule has 3 amide bonds. The van der Waals surface area contributed by atoms with Crippen molar-refractivity contribution in [3.8, 4) is 0 Å². The Kier molecular flexibility index (Phi) is 5.01. The molecule has 7 nitrogen and oxygen atoms in total. The number of carbonyl (C=O) groups is 3. The van der Waals surface area contributed by atoms with Crippen LogP contribution in [0.5, 0.6) is 0 Å². The Balaban J connectivity index is 1.35. The third-order valence-corrected chi connectivity index (χ3v) is 5.66. The highest BCUT2D eigenvalue weighted by Gasteiger charge is 2.41. The number of hydrogen-bond acceptors (Lipinski definition) is 4. The number of amides is 3. The molecule has 7 heteroatoms. The van der Waals surface area contributed by atoms with Crippen LogP contribution in [0.3, 0.4) is 0 Å². The quantitative estimate of drug-likeness (QED) is 0.836. The predicted molar refractivity (Wildman–Crippen MR) is 101 cm³/mol. The Morgan fingerprint density at radius 3 is 2.37 bits per heavy atom. The van der Waals surface area contributed by atoms with Gasteiger partial charge in [-0.3, -0.25) is 14.4 Å². The van der Waals surface area contributed by atoms with Crippen LogP contribution in [-0.2, 0) is 14.4 Å². The largest absolute Gasteiger partial charge is 0.368 e. The van der Waals surface area contributed by atoms with Gasteiger partial charge in [0.25, 0.3) is 0 Å². The van der Waals surface area contributed by atoms with E-state index in [2.05, 4.69) is 22.3 Å². The molecule has 1 aromatic rings. The van der Waals surface area contributed by atoms with Gasteiger partial charge in [0.2, 0.25) is 17.7 Å². The van der Waals surface area contributed by atoms with Crippen molar-refractivity contribution in [2.24, 2.45) is 5.92 Å². The van der Waals surface area contributed by atoms with Crippen LogP contribution in [0, 0.1) is 5.92 Å². The SMILES string of the molecule is O=C1NCCN(C(=O)C2CC2)[C@H]1CC(=O)N1CCN(c2ccccc2)CC1.